The van der Waals surface area contributed by atoms with Gasteiger partial charge in [-0.3, -0.25) is 19.2 Å². The number of aryl methyl sites for hydroxylation is 2. The Morgan fingerprint density at radius 3 is 1.67 bits per heavy atom. The Morgan fingerprint density at radius 1 is 0.686 bits per heavy atom. The van der Waals surface area contributed by atoms with E-state index >= 15 is 0 Å². The summed E-state index contributed by atoms with van der Waals surface area (Å²) in [4.78, 5) is 51.2. The second kappa shape index (κ2) is 22.1. The van der Waals surface area contributed by atoms with Crippen LogP contribution in [0.2, 0.25) is 0 Å². The SMILES string of the molecule is CC(C)[C@H](NC(=O)[C@H](CC(N)=O)NC(=O)C(N)CO)C(=O)NC(/C=C/C(CCCc1ccccc1)CCCc1ccccc1)Cc1ccccc1. The monoisotopic (exact) mass is 697 g/mol. The van der Waals surface area contributed by atoms with Crippen LogP contribution in [0.5, 0.6) is 0 Å². The fourth-order valence-corrected chi connectivity index (χ4v) is 5.92. The maximum atomic E-state index is 13.9. The van der Waals surface area contributed by atoms with E-state index in [1.54, 1.807) is 13.8 Å². The molecule has 0 heterocycles. The number of aliphatic hydroxyl groups is 1. The number of hydrogen-bond donors (Lipinski definition) is 6. The quantitative estimate of drug-likeness (QED) is 0.0872. The van der Waals surface area contributed by atoms with Crippen LogP contribution in [0.3, 0.4) is 0 Å². The average Bonchev–Trinajstić information content (AvgIpc) is 3.12. The van der Waals surface area contributed by atoms with Gasteiger partial charge in [0, 0.05) is 0 Å². The number of allylic oxidation sites excluding steroid dienone is 1. The minimum atomic E-state index is -1.37. The van der Waals surface area contributed by atoms with Crippen molar-refractivity contribution >= 4 is 23.6 Å². The summed E-state index contributed by atoms with van der Waals surface area (Å²) < 4.78 is 0. The Morgan fingerprint density at radius 2 is 1.20 bits per heavy atom. The lowest BCUT2D eigenvalue weighted by Crippen LogP contribution is -2.58. The first kappa shape index (κ1) is 40.6. The molecule has 3 rings (SSSR count). The van der Waals surface area contributed by atoms with Crippen molar-refractivity contribution in [1.29, 1.82) is 0 Å². The van der Waals surface area contributed by atoms with Crippen LogP contribution < -0.4 is 27.4 Å². The van der Waals surface area contributed by atoms with Crippen molar-refractivity contribution in [1.82, 2.24) is 16.0 Å². The summed E-state index contributed by atoms with van der Waals surface area (Å²) >= 11 is 0. The molecule has 0 bridgehead atoms. The fraction of sp³-hybridized carbons (Fsp3) is 0.415. The van der Waals surface area contributed by atoms with Crippen LogP contribution in [0.4, 0.5) is 0 Å². The van der Waals surface area contributed by atoms with Gasteiger partial charge in [0.2, 0.25) is 23.6 Å². The Labute approximate surface area is 302 Å². The lowest BCUT2D eigenvalue weighted by molar-refractivity contribution is -0.134. The molecule has 4 atom stereocenters. The van der Waals surface area contributed by atoms with Crippen molar-refractivity contribution in [3.8, 4) is 0 Å². The Bertz CT molecular complexity index is 1470. The van der Waals surface area contributed by atoms with Gasteiger partial charge in [-0.1, -0.05) is 117 Å². The highest BCUT2D eigenvalue weighted by atomic mass is 16.3. The van der Waals surface area contributed by atoms with Crippen LogP contribution in [0.25, 0.3) is 0 Å². The molecule has 274 valence electrons. The van der Waals surface area contributed by atoms with Crippen LogP contribution in [0.15, 0.2) is 103 Å². The molecule has 0 aliphatic rings. The van der Waals surface area contributed by atoms with Gasteiger partial charge in [-0.25, -0.2) is 0 Å². The summed E-state index contributed by atoms with van der Waals surface area (Å²) in [6.07, 6.45) is 10.4. The number of carbonyl (C=O) groups is 4. The highest BCUT2D eigenvalue weighted by molar-refractivity contribution is 5.95. The van der Waals surface area contributed by atoms with Crippen LogP contribution in [0, 0.1) is 11.8 Å². The second-order valence-corrected chi connectivity index (χ2v) is 13.5. The topological polar surface area (TPSA) is 177 Å². The zero-order chi connectivity index (χ0) is 37.0. The van der Waals surface area contributed by atoms with Crippen LogP contribution in [-0.2, 0) is 38.4 Å². The maximum Gasteiger partial charge on any atom is 0.243 e. The molecule has 8 N–H and O–H groups in total. The van der Waals surface area contributed by atoms with E-state index < -0.39 is 54.8 Å². The molecule has 3 aromatic rings. The molecule has 0 saturated carbocycles. The van der Waals surface area contributed by atoms with Gasteiger partial charge in [-0.15, -0.1) is 0 Å². The van der Waals surface area contributed by atoms with E-state index in [-0.39, 0.29) is 12.0 Å². The summed E-state index contributed by atoms with van der Waals surface area (Å²) in [7, 11) is 0. The predicted octanol–water partition coefficient (Wildman–Crippen LogP) is 3.75. The first-order chi connectivity index (χ1) is 24.5. The molecule has 10 heteroatoms. The van der Waals surface area contributed by atoms with Crippen molar-refractivity contribution < 1.29 is 24.3 Å². The van der Waals surface area contributed by atoms with Gasteiger partial charge in [0.25, 0.3) is 0 Å². The summed E-state index contributed by atoms with van der Waals surface area (Å²) in [5.74, 6) is -2.83. The number of rotatable bonds is 22. The number of carbonyl (C=O) groups excluding carboxylic acids is 4. The molecule has 0 saturated heterocycles. The van der Waals surface area contributed by atoms with E-state index in [1.165, 1.54) is 11.1 Å². The standard InChI is InChI=1S/C41H55N5O5/c1-29(2)38(46-40(50)36(27-37(43)48)45-39(49)35(42)28-47)41(51)44-34(26-33-18-10-5-11-19-33)25-24-32(22-12-20-30-14-6-3-7-15-30)23-13-21-31-16-8-4-9-17-31/h3-11,14-19,24-25,29,32,34-36,38,47H,12-13,20-23,26-28,42H2,1-2H3,(H2,43,48)(H,44,51)(H,45,49)(H,46,50)/b25-24+/t34?,35?,36-,38-/m0/s1. The Hall–Kier alpha value is -4.80. The van der Waals surface area contributed by atoms with Gasteiger partial charge in [-0.05, 0) is 73.5 Å². The highest BCUT2D eigenvalue weighted by Gasteiger charge is 2.31. The number of primary amides is 1. The second-order valence-electron chi connectivity index (χ2n) is 13.5. The molecule has 10 nitrogen and oxygen atoms in total. The minimum absolute atomic E-state index is 0.302. The number of nitrogens with one attached hydrogen (secondary N) is 3. The molecule has 0 spiro atoms. The molecular weight excluding hydrogens is 642 g/mol. The smallest absolute Gasteiger partial charge is 0.243 e. The highest BCUT2D eigenvalue weighted by Crippen LogP contribution is 2.20. The first-order valence-electron chi connectivity index (χ1n) is 17.9. The Kier molecular flexibility index (Phi) is 17.6. The lowest BCUT2D eigenvalue weighted by Gasteiger charge is -2.27. The summed E-state index contributed by atoms with van der Waals surface area (Å²) in [5, 5.41) is 17.5. The van der Waals surface area contributed by atoms with E-state index in [0.717, 1.165) is 44.1 Å². The van der Waals surface area contributed by atoms with E-state index in [0.29, 0.717) is 12.3 Å². The third kappa shape index (κ3) is 15.3. The molecule has 0 aliphatic heterocycles. The van der Waals surface area contributed by atoms with E-state index in [4.69, 9.17) is 11.5 Å². The lowest BCUT2D eigenvalue weighted by atomic mass is 9.92. The van der Waals surface area contributed by atoms with Crippen molar-refractivity contribution in [2.45, 2.75) is 89.4 Å². The number of hydrogen-bond acceptors (Lipinski definition) is 6. The third-order valence-electron chi connectivity index (χ3n) is 8.83. The first-order valence-corrected chi connectivity index (χ1v) is 17.9. The van der Waals surface area contributed by atoms with Crippen molar-refractivity contribution in [2.75, 3.05) is 6.61 Å². The largest absolute Gasteiger partial charge is 0.394 e. The van der Waals surface area contributed by atoms with E-state index in [9.17, 15) is 24.3 Å². The van der Waals surface area contributed by atoms with Crippen LogP contribution in [-0.4, -0.2) is 59.5 Å². The maximum absolute atomic E-state index is 13.9. The molecule has 0 aromatic heterocycles. The summed E-state index contributed by atoms with van der Waals surface area (Å²) in [6.45, 7) is 2.95. The molecule has 0 aliphatic carbocycles. The number of aliphatic hydroxyl groups excluding tert-OH is 1. The molecule has 2 unspecified atom stereocenters. The predicted molar refractivity (Wildman–Crippen MR) is 201 cm³/mol. The van der Waals surface area contributed by atoms with Gasteiger partial charge >= 0.3 is 0 Å². The van der Waals surface area contributed by atoms with E-state index in [1.807, 2.05) is 42.5 Å². The normalized spacial score (nSPS) is 13.8. The van der Waals surface area contributed by atoms with E-state index in [2.05, 4.69) is 76.6 Å². The van der Waals surface area contributed by atoms with Crippen molar-refractivity contribution in [3.05, 3.63) is 120 Å². The Balaban J connectivity index is 1.78. The number of amides is 4. The number of nitrogens with two attached hydrogens (primary N) is 2. The fourth-order valence-electron chi connectivity index (χ4n) is 5.92. The zero-order valence-electron chi connectivity index (χ0n) is 29.9. The van der Waals surface area contributed by atoms with Crippen LogP contribution >= 0.6 is 0 Å². The summed E-state index contributed by atoms with van der Waals surface area (Å²) in [5.41, 5.74) is 14.6. The molecule has 3 aromatic carbocycles. The minimum Gasteiger partial charge on any atom is -0.394 e. The average molecular weight is 698 g/mol. The van der Waals surface area contributed by atoms with Gasteiger partial charge in [-0.2, -0.15) is 0 Å². The van der Waals surface area contributed by atoms with Gasteiger partial charge in [0.05, 0.1) is 19.1 Å². The van der Waals surface area contributed by atoms with Crippen molar-refractivity contribution in [3.63, 3.8) is 0 Å². The summed E-state index contributed by atoms with van der Waals surface area (Å²) in [6, 6.07) is 26.8. The zero-order valence-corrected chi connectivity index (χ0v) is 29.9. The molecule has 4 amide bonds. The molecule has 0 fully saturated rings. The number of benzene rings is 3. The van der Waals surface area contributed by atoms with Crippen LogP contribution in [0.1, 0.15) is 62.6 Å². The molecular formula is C41H55N5O5. The third-order valence-corrected chi connectivity index (χ3v) is 8.83. The molecule has 51 heavy (non-hydrogen) atoms. The molecule has 0 radical (unpaired) electrons. The van der Waals surface area contributed by atoms with Gasteiger partial charge in [0.15, 0.2) is 0 Å². The van der Waals surface area contributed by atoms with Gasteiger partial charge in [0.1, 0.15) is 18.1 Å². The van der Waals surface area contributed by atoms with Gasteiger partial charge < -0.3 is 32.5 Å². The van der Waals surface area contributed by atoms with Crippen molar-refractivity contribution in [2.24, 2.45) is 23.3 Å².